The molecule has 0 aromatic heterocycles. The number of aliphatic imine (C=N–C) groups is 1. The van der Waals surface area contributed by atoms with Crippen LogP contribution < -0.4 is 5.32 Å². The zero-order valence-corrected chi connectivity index (χ0v) is 11.6. The highest BCUT2D eigenvalue weighted by Gasteiger charge is 2.30. The number of rotatable bonds is 2. The van der Waals surface area contributed by atoms with E-state index in [1.165, 1.54) is 37.3 Å². The van der Waals surface area contributed by atoms with E-state index in [0.29, 0.717) is 6.04 Å². The van der Waals surface area contributed by atoms with Gasteiger partial charge in [0.2, 0.25) is 0 Å². The summed E-state index contributed by atoms with van der Waals surface area (Å²) in [5, 5.41) is 4.73. The summed E-state index contributed by atoms with van der Waals surface area (Å²) >= 11 is 1.89. The molecule has 1 saturated carbocycles. The molecule has 2 nitrogen and oxygen atoms in total. The highest BCUT2D eigenvalue weighted by molar-refractivity contribution is 8.14. The second-order valence-electron chi connectivity index (χ2n) is 5.75. The van der Waals surface area contributed by atoms with Crippen LogP contribution in [0.5, 0.6) is 0 Å². The molecule has 0 radical (unpaired) electrons. The van der Waals surface area contributed by atoms with E-state index in [-0.39, 0.29) is 5.54 Å². The van der Waals surface area contributed by atoms with Crippen molar-refractivity contribution in [1.29, 1.82) is 0 Å². The van der Waals surface area contributed by atoms with Crippen LogP contribution in [0, 0.1) is 5.92 Å². The zero-order valence-electron chi connectivity index (χ0n) is 10.8. The fourth-order valence-corrected chi connectivity index (χ4v) is 3.79. The molecule has 2 fully saturated rings. The molecular formula is C13H24N2S. The van der Waals surface area contributed by atoms with Crippen molar-refractivity contribution in [2.45, 2.75) is 64.5 Å². The van der Waals surface area contributed by atoms with Gasteiger partial charge in [-0.2, -0.15) is 0 Å². The predicted molar refractivity (Wildman–Crippen MR) is 73.1 cm³/mol. The second kappa shape index (κ2) is 4.99. The minimum absolute atomic E-state index is 0.236. The molecule has 92 valence electrons. The Morgan fingerprint density at radius 3 is 2.75 bits per heavy atom. The molecule has 0 amide bonds. The first-order chi connectivity index (χ1) is 7.61. The van der Waals surface area contributed by atoms with E-state index in [1.54, 1.807) is 0 Å². The third-order valence-corrected chi connectivity index (χ3v) is 5.04. The summed E-state index contributed by atoms with van der Waals surface area (Å²) in [5.41, 5.74) is 0.236. The molecule has 0 aromatic carbocycles. The van der Waals surface area contributed by atoms with Crippen molar-refractivity contribution in [2.24, 2.45) is 10.9 Å². The molecule has 2 atom stereocenters. The first-order valence-corrected chi connectivity index (χ1v) is 7.58. The summed E-state index contributed by atoms with van der Waals surface area (Å²) in [6.45, 7) is 6.81. The van der Waals surface area contributed by atoms with Gasteiger partial charge in [0, 0.05) is 11.3 Å². The van der Waals surface area contributed by atoms with Gasteiger partial charge in [0.1, 0.15) is 0 Å². The molecule has 1 heterocycles. The molecule has 2 rings (SSSR count). The molecule has 2 aliphatic rings. The largest absolute Gasteiger partial charge is 0.359 e. The first-order valence-electron chi connectivity index (χ1n) is 6.59. The molecule has 1 saturated heterocycles. The number of nitrogens with zero attached hydrogens (tertiary/aromatic N) is 1. The summed E-state index contributed by atoms with van der Waals surface area (Å²) in [6.07, 6.45) is 6.74. The lowest BCUT2D eigenvalue weighted by molar-refractivity contribution is 0.302. The molecule has 1 aliphatic carbocycles. The van der Waals surface area contributed by atoms with E-state index in [4.69, 9.17) is 4.99 Å². The van der Waals surface area contributed by atoms with Gasteiger partial charge in [0.15, 0.2) is 5.17 Å². The van der Waals surface area contributed by atoms with Crippen molar-refractivity contribution < 1.29 is 0 Å². The predicted octanol–water partition coefficient (Wildman–Crippen LogP) is 3.43. The summed E-state index contributed by atoms with van der Waals surface area (Å²) in [7, 11) is 0. The number of hydrogen-bond donors (Lipinski definition) is 1. The molecule has 0 bridgehead atoms. The third kappa shape index (κ3) is 2.93. The summed E-state index contributed by atoms with van der Waals surface area (Å²) in [5.74, 6) is 1.97. The molecule has 3 heteroatoms. The van der Waals surface area contributed by atoms with Crippen LogP contribution in [0.25, 0.3) is 0 Å². The molecule has 16 heavy (non-hydrogen) atoms. The normalized spacial score (nSPS) is 36.3. The summed E-state index contributed by atoms with van der Waals surface area (Å²) < 4.78 is 0. The lowest BCUT2D eigenvalue weighted by atomic mass is 9.83. The number of hydrogen-bond acceptors (Lipinski definition) is 2. The van der Waals surface area contributed by atoms with Crippen LogP contribution in [-0.4, -0.2) is 22.5 Å². The van der Waals surface area contributed by atoms with Gasteiger partial charge in [-0.3, -0.25) is 4.99 Å². The van der Waals surface area contributed by atoms with Crippen molar-refractivity contribution in [2.75, 3.05) is 5.75 Å². The van der Waals surface area contributed by atoms with Gasteiger partial charge in [0.05, 0.1) is 6.04 Å². The van der Waals surface area contributed by atoms with Crippen LogP contribution in [0.2, 0.25) is 0 Å². The van der Waals surface area contributed by atoms with Crippen molar-refractivity contribution in [3.63, 3.8) is 0 Å². The Morgan fingerprint density at radius 2 is 2.12 bits per heavy atom. The molecule has 2 unspecified atom stereocenters. The van der Waals surface area contributed by atoms with Crippen molar-refractivity contribution in [3.8, 4) is 0 Å². The smallest absolute Gasteiger partial charge is 0.157 e. The Kier molecular flexibility index (Phi) is 3.83. The number of amidine groups is 1. The molecular weight excluding hydrogens is 216 g/mol. The Bertz CT molecular complexity index is 273. The Morgan fingerprint density at radius 1 is 1.38 bits per heavy atom. The van der Waals surface area contributed by atoms with Gasteiger partial charge < -0.3 is 5.32 Å². The minimum atomic E-state index is 0.236. The van der Waals surface area contributed by atoms with Gasteiger partial charge in [0.25, 0.3) is 0 Å². The quantitative estimate of drug-likeness (QED) is 0.799. The van der Waals surface area contributed by atoms with E-state index in [1.807, 2.05) is 11.8 Å². The van der Waals surface area contributed by atoms with Crippen LogP contribution in [0.4, 0.5) is 0 Å². The molecule has 1 aliphatic heterocycles. The maximum atomic E-state index is 4.95. The zero-order chi connectivity index (χ0) is 11.6. The van der Waals surface area contributed by atoms with Crippen LogP contribution >= 0.6 is 11.8 Å². The topological polar surface area (TPSA) is 24.4 Å². The summed E-state index contributed by atoms with van der Waals surface area (Å²) in [6, 6.07) is 0.586. The monoisotopic (exact) mass is 240 g/mol. The fraction of sp³-hybridized carbons (Fsp3) is 0.923. The molecule has 1 N–H and O–H groups in total. The minimum Gasteiger partial charge on any atom is -0.359 e. The molecule has 0 spiro atoms. The molecule has 0 aromatic rings. The Balaban J connectivity index is 1.99. The van der Waals surface area contributed by atoms with Crippen LogP contribution in [0.1, 0.15) is 52.9 Å². The van der Waals surface area contributed by atoms with Crippen molar-refractivity contribution >= 4 is 16.9 Å². The van der Waals surface area contributed by atoms with Crippen LogP contribution in [-0.2, 0) is 0 Å². The standard InChI is InChI=1S/C13H24N2S/c1-4-10-7-5-6-8-11(10)14-12-15-13(2,3)9-16-12/h10-11H,4-9H2,1-3H3,(H,14,15). The number of thioether (sulfide) groups is 1. The van der Waals surface area contributed by atoms with Crippen molar-refractivity contribution in [1.82, 2.24) is 5.32 Å². The highest BCUT2D eigenvalue weighted by atomic mass is 32.2. The van der Waals surface area contributed by atoms with E-state index < -0.39 is 0 Å². The van der Waals surface area contributed by atoms with Gasteiger partial charge in [-0.05, 0) is 32.6 Å². The van der Waals surface area contributed by atoms with Gasteiger partial charge >= 0.3 is 0 Å². The van der Waals surface area contributed by atoms with Gasteiger partial charge in [-0.25, -0.2) is 0 Å². The second-order valence-corrected chi connectivity index (χ2v) is 6.72. The highest BCUT2D eigenvalue weighted by Crippen LogP contribution is 2.31. The van der Waals surface area contributed by atoms with Gasteiger partial charge in [-0.15, -0.1) is 0 Å². The van der Waals surface area contributed by atoms with Crippen LogP contribution in [0.15, 0.2) is 4.99 Å². The number of nitrogens with one attached hydrogen (secondary N) is 1. The Labute approximate surface area is 104 Å². The van der Waals surface area contributed by atoms with E-state index in [9.17, 15) is 0 Å². The fourth-order valence-electron chi connectivity index (χ4n) is 2.66. The van der Waals surface area contributed by atoms with E-state index in [0.717, 1.165) is 11.7 Å². The Hall–Kier alpha value is -0.180. The lowest BCUT2D eigenvalue weighted by Crippen LogP contribution is -2.37. The van der Waals surface area contributed by atoms with Crippen LogP contribution in [0.3, 0.4) is 0 Å². The average molecular weight is 240 g/mol. The third-order valence-electron chi connectivity index (χ3n) is 3.69. The maximum Gasteiger partial charge on any atom is 0.157 e. The maximum absolute atomic E-state index is 4.95. The lowest BCUT2D eigenvalue weighted by Gasteiger charge is -2.28. The average Bonchev–Trinajstić information content (AvgIpc) is 2.59. The SMILES string of the molecule is CCC1CCCCC1N=C1NC(C)(C)CS1. The van der Waals surface area contributed by atoms with Crippen molar-refractivity contribution in [3.05, 3.63) is 0 Å². The first kappa shape index (κ1) is 12.3. The van der Waals surface area contributed by atoms with Gasteiger partial charge in [-0.1, -0.05) is 37.9 Å². The van der Waals surface area contributed by atoms with E-state index in [2.05, 4.69) is 26.1 Å². The van der Waals surface area contributed by atoms with E-state index >= 15 is 0 Å². The summed E-state index contributed by atoms with van der Waals surface area (Å²) in [4.78, 5) is 4.95.